The van der Waals surface area contributed by atoms with Crippen molar-refractivity contribution in [1.82, 2.24) is 9.71 Å². The highest BCUT2D eigenvalue weighted by Crippen LogP contribution is 2.22. The number of thiophene rings is 1. The SMILES string of the molecule is CC(NS(=O)(=O)c1ncccc1NN)c1cccs1. The minimum Gasteiger partial charge on any atom is -0.321 e. The normalized spacial score (nSPS) is 13.2. The molecule has 0 radical (unpaired) electrons. The number of nitrogens with zero attached hydrogens (tertiary/aromatic N) is 1. The topological polar surface area (TPSA) is 97.1 Å². The van der Waals surface area contributed by atoms with E-state index in [9.17, 15) is 8.42 Å². The standard InChI is InChI=1S/C11H14N4O2S2/c1-8(10-5-3-7-18-10)15-19(16,17)11-9(14-12)4-2-6-13-11/h2-8,14-15H,12H2,1H3. The van der Waals surface area contributed by atoms with Crippen LogP contribution in [0.25, 0.3) is 0 Å². The molecule has 0 amide bonds. The van der Waals surface area contributed by atoms with Crippen molar-refractivity contribution >= 4 is 27.0 Å². The molecule has 0 aromatic carbocycles. The molecule has 0 aliphatic rings. The molecular weight excluding hydrogens is 284 g/mol. The van der Waals surface area contributed by atoms with Gasteiger partial charge in [-0.3, -0.25) is 5.84 Å². The largest absolute Gasteiger partial charge is 0.321 e. The lowest BCUT2D eigenvalue weighted by molar-refractivity contribution is 0.565. The Morgan fingerprint density at radius 2 is 2.16 bits per heavy atom. The van der Waals surface area contributed by atoms with Gasteiger partial charge in [0.1, 0.15) is 0 Å². The number of rotatable bonds is 5. The molecule has 0 aliphatic heterocycles. The highest BCUT2D eigenvalue weighted by Gasteiger charge is 2.23. The first-order valence-corrected chi connectivity index (χ1v) is 7.88. The Kier molecular flexibility index (Phi) is 4.15. The minimum atomic E-state index is -3.73. The van der Waals surface area contributed by atoms with Crippen LogP contribution in [-0.2, 0) is 10.0 Å². The Labute approximate surface area is 115 Å². The van der Waals surface area contributed by atoms with Crippen LogP contribution in [0.4, 0.5) is 5.69 Å². The maximum absolute atomic E-state index is 12.3. The Balaban J connectivity index is 2.28. The number of nitrogens with two attached hydrogens (primary N) is 1. The van der Waals surface area contributed by atoms with Gasteiger partial charge in [0.15, 0.2) is 5.03 Å². The zero-order valence-corrected chi connectivity index (χ0v) is 11.8. The van der Waals surface area contributed by atoms with Crippen LogP contribution in [0.3, 0.4) is 0 Å². The van der Waals surface area contributed by atoms with Crippen molar-refractivity contribution in [2.75, 3.05) is 5.43 Å². The number of pyridine rings is 1. The van der Waals surface area contributed by atoms with Crippen LogP contribution in [0.15, 0.2) is 40.9 Å². The molecule has 8 heteroatoms. The van der Waals surface area contributed by atoms with Crippen LogP contribution in [0.1, 0.15) is 17.8 Å². The number of sulfonamides is 1. The Morgan fingerprint density at radius 1 is 1.37 bits per heavy atom. The van der Waals surface area contributed by atoms with E-state index in [0.29, 0.717) is 0 Å². The molecule has 0 aliphatic carbocycles. The molecule has 2 heterocycles. The predicted octanol–water partition coefficient (Wildman–Crippen LogP) is 1.47. The second kappa shape index (κ2) is 5.66. The summed E-state index contributed by atoms with van der Waals surface area (Å²) in [6.07, 6.45) is 1.41. The number of aromatic nitrogens is 1. The van der Waals surface area contributed by atoms with Gasteiger partial charge in [-0.05, 0) is 30.5 Å². The summed E-state index contributed by atoms with van der Waals surface area (Å²) in [5, 5.41) is 1.79. The second-order valence-electron chi connectivity index (χ2n) is 3.86. The van der Waals surface area contributed by atoms with Crippen LogP contribution >= 0.6 is 11.3 Å². The van der Waals surface area contributed by atoms with Gasteiger partial charge in [0.2, 0.25) is 0 Å². The van der Waals surface area contributed by atoms with Gasteiger partial charge >= 0.3 is 0 Å². The van der Waals surface area contributed by atoms with Crippen molar-refractivity contribution in [3.63, 3.8) is 0 Å². The quantitative estimate of drug-likeness (QED) is 0.573. The van der Waals surface area contributed by atoms with Crippen LogP contribution in [0, 0.1) is 0 Å². The molecule has 0 bridgehead atoms. The molecule has 0 saturated carbocycles. The first kappa shape index (κ1) is 13.9. The van der Waals surface area contributed by atoms with E-state index in [0.717, 1.165) is 4.88 Å². The van der Waals surface area contributed by atoms with Crippen LogP contribution in [0.5, 0.6) is 0 Å². The highest BCUT2D eigenvalue weighted by atomic mass is 32.2. The molecule has 2 rings (SSSR count). The van der Waals surface area contributed by atoms with E-state index in [-0.39, 0.29) is 16.8 Å². The third-order valence-electron chi connectivity index (χ3n) is 2.48. The Bertz CT molecular complexity index is 640. The molecule has 2 aromatic rings. The molecular formula is C11H14N4O2S2. The average Bonchev–Trinajstić information content (AvgIpc) is 2.92. The van der Waals surface area contributed by atoms with Crippen molar-refractivity contribution < 1.29 is 8.42 Å². The fourth-order valence-electron chi connectivity index (χ4n) is 1.60. The second-order valence-corrected chi connectivity index (χ2v) is 6.47. The lowest BCUT2D eigenvalue weighted by atomic mass is 10.3. The summed E-state index contributed by atoms with van der Waals surface area (Å²) in [7, 11) is -3.73. The van der Waals surface area contributed by atoms with Gasteiger partial charge in [-0.25, -0.2) is 18.1 Å². The number of nitrogens with one attached hydrogen (secondary N) is 2. The van der Waals surface area contributed by atoms with E-state index in [2.05, 4.69) is 15.1 Å². The Morgan fingerprint density at radius 3 is 2.79 bits per heavy atom. The van der Waals surface area contributed by atoms with Gasteiger partial charge in [-0.2, -0.15) is 0 Å². The Hall–Kier alpha value is -1.48. The molecule has 6 nitrogen and oxygen atoms in total. The minimum absolute atomic E-state index is 0.110. The van der Waals surface area contributed by atoms with Crippen molar-refractivity contribution in [3.8, 4) is 0 Å². The van der Waals surface area contributed by atoms with Gasteiger partial charge in [0, 0.05) is 11.1 Å². The molecule has 0 spiro atoms. The molecule has 102 valence electrons. The van der Waals surface area contributed by atoms with Crippen molar-refractivity contribution in [1.29, 1.82) is 0 Å². The van der Waals surface area contributed by atoms with E-state index < -0.39 is 10.0 Å². The average molecular weight is 298 g/mol. The van der Waals surface area contributed by atoms with Gasteiger partial charge in [0.25, 0.3) is 10.0 Å². The third-order valence-corrected chi connectivity index (χ3v) is 5.04. The zero-order valence-electron chi connectivity index (χ0n) is 10.2. The summed E-state index contributed by atoms with van der Waals surface area (Å²) in [5.74, 6) is 5.29. The first-order valence-electron chi connectivity index (χ1n) is 5.52. The van der Waals surface area contributed by atoms with Gasteiger partial charge in [-0.1, -0.05) is 6.07 Å². The summed E-state index contributed by atoms with van der Waals surface area (Å²) in [4.78, 5) is 4.80. The van der Waals surface area contributed by atoms with Gasteiger partial charge in [0.05, 0.1) is 11.7 Å². The van der Waals surface area contributed by atoms with Gasteiger partial charge in [-0.15, -0.1) is 11.3 Å². The summed E-state index contributed by atoms with van der Waals surface area (Å²) in [6, 6.07) is 6.59. The number of nitrogen functional groups attached to an aromatic ring is 1. The van der Waals surface area contributed by atoms with Crippen LogP contribution in [-0.4, -0.2) is 13.4 Å². The predicted molar refractivity (Wildman–Crippen MR) is 75.1 cm³/mol. The summed E-state index contributed by atoms with van der Waals surface area (Å²) in [6.45, 7) is 1.78. The van der Waals surface area contributed by atoms with E-state index in [1.54, 1.807) is 19.1 Å². The monoisotopic (exact) mass is 298 g/mol. The van der Waals surface area contributed by atoms with Crippen molar-refractivity contribution in [3.05, 3.63) is 40.7 Å². The lowest BCUT2D eigenvalue weighted by Crippen LogP contribution is -2.28. The van der Waals surface area contributed by atoms with Crippen LogP contribution < -0.4 is 16.0 Å². The molecule has 0 saturated heterocycles. The lowest BCUT2D eigenvalue weighted by Gasteiger charge is -2.14. The molecule has 2 aromatic heterocycles. The molecule has 19 heavy (non-hydrogen) atoms. The zero-order chi connectivity index (χ0) is 13.9. The smallest absolute Gasteiger partial charge is 0.260 e. The number of anilines is 1. The number of hydrazine groups is 1. The third kappa shape index (κ3) is 3.10. The maximum atomic E-state index is 12.3. The van der Waals surface area contributed by atoms with Gasteiger partial charge < -0.3 is 5.43 Å². The van der Waals surface area contributed by atoms with Crippen molar-refractivity contribution in [2.24, 2.45) is 5.84 Å². The molecule has 4 N–H and O–H groups in total. The molecule has 1 unspecified atom stereocenters. The highest BCUT2D eigenvalue weighted by molar-refractivity contribution is 7.89. The molecule has 1 atom stereocenters. The summed E-state index contributed by atoms with van der Waals surface area (Å²) < 4.78 is 27.1. The van der Waals surface area contributed by atoms with E-state index in [1.807, 2.05) is 17.5 Å². The molecule has 0 fully saturated rings. The van der Waals surface area contributed by atoms with E-state index >= 15 is 0 Å². The van der Waals surface area contributed by atoms with E-state index in [4.69, 9.17) is 5.84 Å². The fraction of sp³-hybridized carbons (Fsp3) is 0.182. The fourth-order valence-corrected chi connectivity index (χ4v) is 3.73. The summed E-state index contributed by atoms with van der Waals surface area (Å²) in [5.41, 5.74) is 2.59. The number of hydrogen-bond acceptors (Lipinski definition) is 6. The van der Waals surface area contributed by atoms with Crippen molar-refractivity contribution in [2.45, 2.75) is 18.0 Å². The van der Waals surface area contributed by atoms with Crippen LogP contribution in [0.2, 0.25) is 0 Å². The maximum Gasteiger partial charge on any atom is 0.260 e. The van der Waals surface area contributed by atoms with E-state index in [1.165, 1.54) is 17.5 Å². The summed E-state index contributed by atoms with van der Waals surface area (Å²) >= 11 is 1.49. The number of hydrogen-bond donors (Lipinski definition) is 3. The first-order chi connectivity index (χ1) is 9.04.